The number of hydrogen-bond acceptors (Lipinski definition) is 4. The standard InChI is InChI=1S/C14H9F4NO3/c1-21-13(20)12-11(15)6-9(7-19-12)8-3-2-4-10(5-8)22-14(16,17)18/h2-7H,1H3. The van der Waals surface area contributed by atoms with Crippen molar-refractivity contribution < 1.29 is 31.8 Å². The van der Waals surface area contributed by atoms with E-state index in [4.69, 9.17) is 0 Å². The monoisotopic (exact) mass is 315 g/mol. The molecule has 0 aliphatic heterocycles. The van der Waals surface area contributed by atoms with E-state index in [1.54, 1.807) is 0 Å². The molecule has 0 spiro atoms. The van der Waals surface area contributed by atoms with E-state index in [9.17, 15) is 22.4 Å². The van der Waals surface area contributed by atoms with E-state index in [1.807, 2.05) is 0 Å². The second-order valence-corrected chi connectivity index (χ2v) is 4.12. The van der Waals surface area contributed by atoms with Crippen LogP contribution in [0.3, 0.4) is 0 Å². The maximum absolute atomic E-state index is 13.8. The maximum Gasteiger partial charge on any atom is 0.573 e. The van der Waals surface area contributed by atoms with Crippen LogP contribution in [-0.2, 0) is 4.74 Å². The van der Waals surface area contributed by atoms with Crippen molar-refractivity contribution in [1.29, 1.82) is 0 Å². The minimum Gasteiger partial charge on any atom is -0.464 e. The average Bonchev–Trinajstić information content (AvgIpc) is 2.45. The number of rotatable bonds is 3. The Morgan fingerprint density at radius 1 is 1.18 bits per heavy atom. The first-order valence-corrected chi connectivity index (χ1v) is 5.90. The van der Waals surface area contributed by atoms with Crippen LogP contribution >= 0.6 is 0 Å². The summed E-state index contributed by atoms with van der Waals surface area (Å²) in [5.41, 5.74) is -0.0590. The molecular formula is C14H9F4NO3. The van der Waals surface area contributed by atoms with Gasteiger partial charge in [0.25, 0.3) is 0 Å². The second kappa shape index (κ2) is 6.00. The third-order valence-electron chi connectivity index (χ3n) is 2.62. The number of alkyl halides is 3. The van der Waals surface area contributed by atoms with Gasteiger partial charge >= 0.3 is 12.3 Å². The number of pyridine rings is 1. The molecule has 22 heavy (non-hydrogen) atoms. The lowest BCUT2D eigenvalue weighted by Crippen LogP contribution is -2.17. The molecule has 1 heterocycles. The summed E-state index contributed by atoms with van der Waals surface area (Å²) in [4.78, 5) is 14.8. The molecule has 0 unspecified atom stereocenters. The third-order valence-corrected chi connectivity index (χ3v) is 2.62. The van der Waals surface area contributed by atoms with Gasteiger partial charge in [0.2, 0.25) is 0 Å². The highest BCUT2D eigenvalue weighted by Gasteiger charge is 2.31. The second-order valence-electron chi connectivity index (χ2n) is 4.12. The minimum atomic E-state index is -4.82. The number of carbonyl (C=O) groups is 1. The summed E-state index contributed by atoms with van der Waals surface area (Å²) in [6.07, 6.45) is -3.67. The Balaban J connectivity index is 2.34. The summed E-state index contributed by atoms with van der Waals surface area (Å²) >= 11 is 0. The molecule has 0 amide bonds. The molecule has 0 saturated carbocycles. The first-order chi connectivity index (χ1) is 10.3. The van der Waals surface area contributed by atoms with Gasteiger partial charge in [-0.3, -0.25) is 0 Å². The van der Waals surface area contributed by atoms with Crippen LogP contribution in [0.25, 0.3) is 11.1 Å². The molecule has 1 aromatic heterocycles. The largest absolute Gasteiger partial charge is 0.573 e. The molecule has 0 fully saturated rings. The van der Waals surface area contributed by atoms with Crippen molar-refractivity contribution in [3.05, 3.63) is 48.0 Å². The lowest BCUT2D eigenvalue weighted by molar-refractivity contribution is -0.274. The van der Waals surface area contributed by atoms with Gasteiger partial charge in [0.15, 0.2) is 11.5 Å². The summed E-state index contributed by atoms with van der Waals surface area (Å²) in [7, 11) is 1.08. The fourth-order valence-electron chi connectivity index (χ4n) is 1.72. The van der Waals surface area contributed by atoms with Crippen molar-refractivity contribution in [2.75, 3.05) is 7.11 Å². The lowest BCUT2D eigenvalue weighted by atomic mass is 10.1. The van der Waals surface area contributed by atoms with Crippen LogP contribution in [0.15, 0.2) is 36.5 Å². The van der Waals surface area contributed by atoms with Crippen LogP contribution in [0.5, 0.6) is 5.75 Å². The first kappa shape index (κ1) is 15.7. The molecule has 0 saturated heterocycles. The first-order valence-electron chi connectivity index (χ1n) is 5.90. The molecule has 1 aromatic carbocycles. The molecule has 8 heteroatoms. The Kier molecular flexibility index (Phi) is 4.30. The van der Waals surface area contributed by atoms with Crippen LogP contribution in [0.1, 0.15) is 10.5 Å². The highest BCUT2D eigenvalue weighted by molar-refractivity contribution is 5.87. The van der Waals surface area contributed by atoms with E-state index in [1.165, 1.54) is 12.1 Å². The molecule has 0 N–H and O–H groups in total. The predicted octanol–water partition coefficient (Wildman–Crippen LogP) is 3.57. The van der Waals surface area contributed by atoms with E-state index in [2.05, 4.69) is 14.5 Å². The molecule has 2 aromatic rings. The van der Waals surface area contributed by atoms with Gasteiger partial charge in [0, 0.05) is 11.8 Å². The van der Waals surface area contributed by atoms with E-state index in [0.29, 0.717) is 0 Å². The maximum atomic E-state index is 13.8. The van der Waals surface area contributed by atoms with Gasteiger partial charge in [0.05, 0.1) is 7.11 Å². The Morgan fingerprint density at radius 2 is 1.91 bits per heavy atom. The predicted molar refractivity (Wildman–Crippen MR) is 67.7 cm³/mol. The Bertz CT molecular complexity index is 701. The Labute approximate surface area is 122 Å². The summed E-state index contributed by atoms with van der Waals surface area (Å²) < 4.78 is 58.4. The summed E-state index contributed by atoms with van der Waals surface area (Å²) in [5.74, 6) is -2.33. The zero-order valence-electron chi connectivity index (χ0n) is 11.1. The van der Waals surface area contributed by atoms with Gasteiger partial charge in [-0.2, -0.15) is 0 Å². The molecule has 0 aliphatic rings. The summed E-state index contributed by atoms with van der Waals surface area (Å²) in [5, 5.41) is 0. The normalized spacial score (nSPS) is 11.1. The van der Waals surface area contributed by atoms with Crippen LogP contribution < -0.4 is 4.74 Å². The number of carbonyl (C=O) groups excluding carboxylic acids is 1. The fraction of sp³-hybridized carbons (Fsp3) is 0.143. The molecule has 0 atom stereocenters. The smallest absolute Gasteiger partial charge is 0.464 e. The molecule has 116 valence electrons. The van der Waals surface area contributed by atoms with E-state index in [-0.39, 0.29) is 11.1 Å². The molecule has 0 aliphatic carbocycles. The van der Waals surface area contributed by atoms with Gasteiger partial charge in [-0.15, -0.1) is 13.2 Å². The number of methoxy groups -OCH3 is 1. The van der Waals surface area contributed by atoms with Crippen LogP contribution in [0, 0.1) is 5.82 Å². The van der Waals surface area contributed by atoms with Crippen molar-refractivity contribution >= 4 is 5.97 Å². The summed E-state index contributed by atoms with van der Waals surface area (Å²) in [6, 6.07) is 5.96. The number of aromatic nitrogens is 1. The molecule has 0 bridgehead atoms. The Hall–Kier alpha value is -2.64. The average molecular weight is 315 g/mol. The quantitative estimate of drug-likeness (QED) is 0.642. The van der Waals surface area contributed by atoms with E-state index >= 15 is 0 Å². The van der Waals surface area contributed by atoms with Crippen molar-refractivity contribution in [2.24, 2.45) is 0 Å². The molecule has 4 nitrogen and oxygen atoms in total. The zero-order chi connectivity index (χ0) is 16.3. The van der Waals surface area contributed by atoms with Gasteiger partial charge in [-0.05, 0) is 23.8 Å². The lowest BCUT2D eigenvalue weighted by Gasteiger charge is -2.10. The van der Waals surface area contributed by atoms with E-state index in [0.717, 1.165) is 31.5 Å². The number of esters is 1. The van der Waals surface area contributed by atoms with Gasteiger partial charge in [0.1, 0.15) is 5.75 Å². The zero-order valence-corrected chi connectivity index (χ0v) is 11.1. The topological polar surface area (TPSA) is 48.4 Å². The van der Waals surface area contributed by atoms with E-state index < -0.39 is 29.6 Å². The number of benzene rings is 1. The number of hydrogen-bond donors (Lipinski definition) is 0. The highest BCUT2D eigenvalue weighted by Crippen LogP contribution is 2.28. The van der Waals surface area contributed by atoms with Gasteiger partial charge < -0.3 is 9.47 Å². The molecule has 2 rings (SSSR count). The minimum absolute atomic E-state index is 0.192. The Morgan fingerprint density at radius 3 is 2.50 bits per heavy atom. The SMILES string of the molecule is COC(=O)c1ncc(-c2cccc(OC(F)(F)F)c2)cc1F. The fourth-order valence-corrected chi connectivity index (χ4v) is 1.72. The third kappa shape index (κ3) is 3.72. The van der Waals surface area contributed by atoms with Crippen LogP contribution in [0.2, 0.25) is 0 Å². The molecular weight excluding hydrogens is 306 g/mol. The van der Waals surface area contributed by atoms with Gasteiger partial charge in [-0.1, -0.05) is 12.1 Å². The highest BCUT2D eigenvalue weighted by atomic mass is 19.4. The number of halogens is 4. The summed E-state index contributed by atoms with van der Waals surface area (Å²) in [6.45, 7) is 0. The molecule has 0 radical (unpaired) electrons. The van der Waals surface area contributed by atoms with Crippen LogP contribution in [0.4, 0.5) is 17.6 Å². The van der Waals surface area contributed by atoms with Crippen molar-refractivity contribution in [1.82, 2.24) is 4.98 Å². The number of ether oxygens (including phenoxy) is 2. The van der Waals surface area contributed by atoms with Crippen LogP contribution in [-0.4, -0.2) is 24.4 Å². The van der Waals surface area contributed by atoms with Crippen molar-refractivity contribution in [3.8, 4) is 16.9 Å². The van der Waals surface area contributed by atoms with Crippen molar-refractivity contribution in [2.45, 2.75) is 6.36 Å². The van der Waals surface area contributed by atoms with Gasteiger partial charge in [-0.25, -0.2) is 14.2 Å². The number of nitrogens with zero attached hydrogens (tertiary/aromatic N) is 1. The van der Waals surface area contributed by atoms with Crippen molar-refractivity contribution in [3.63, 3.8) is 0 Å².